The highest BCUT2D eigenvalue weighted by atomic mass is 35.5. The van der Waals surface area contributed by atoms with Crippen molar-refractivity contribution in [3.8, 4) is 11.5 Å². The quantitative estimate of drug-likeness (QED) is 0.675. The van der Waals surface area contributed by atoms with Gasteiger partial charge in [-0.25, -0.2) is 4.98 Å². The lowest BCUT2D eigenvalue weighted by molar-refractivity contribution is 0.102. The van der Waals surface area contributed by atoms with Crippen molar-refractivity contribution in [1.29, 1.82) is 0 Å². The van der Waals surface area contributed by atoms with Gasteiger partial charge in [-0.1, -0.05) is 18.5 Å². The van der Waals surface area contributed by atoms with Crippen LogP contribution in [0, 0.1) is 6.92 Å². The third-order valence-corrected chi connectivity index (χ3v) is 4.67. The average Bonchev–Trinajstić information content (AvgIpc) is 3.04. The molecule has 0 aliphatic heterocycles. The molecule has 2 aromatic heterocycles. The number of pyridine rings is 1. The van der Waals surface area contributed by atoms with Crippen LogP contribution in [0.4, 0.5) is 5.69 Å². The number of fused-ring (bicyclic) bond motifs is 1. The van der Waals surface area contributed by atoms with Gasteiger partial charge in [-0.05, 0) is 44.0 Å². The summed E-state index contributed by atoms with van der Waals surface area (Å²) in [5, 5.41) is 3.50. The molecule has 3 aromatic rings. The summed E-state index contributed by atoms with van der Waals surface area (Å²) in [5.74, 6) is 0.877. The van der Waals surface area contributed by atoms with Gasteiger partial charge in [-0.15, -0.1) is 0 Å². The van der Waals surface area contributed by atoms with Crippen LogP contribution >= 0.6 is 11.6 Å². The van der Waals surface area contributed by atoms with Crippen molar-refractivity contribution in [3.05, 3.63) is 52.4 Å². The lowest BCUT2D eigenvalue weighted by Crippen LogP contribution is -2.17. The molecule has 6 nitrogen and oxygen atoms in total. The number of aromatic nitrogens is 2. The average molecular weight is 388 g/mol. The van der Waals surface area contributed by atoms with E-state index in [1.165, 1.54) is 7.11 Å². The summed E-state index contributed by atoms with van der Waals surface area (Å²) in [4.78, 5) is 17.7. The maximum Gasteiger partial charge on any atom is 0.274 e. The number of ether oxygens (including phenoxy) is 2. The van der Waals surface area contributed by atoms with E-state index in [2.05, 4.69) is 10.3 Å². The van der Waals surface area contributed by atoms with Gasteiger partial charge in [0, 0.05) is 17.3 Å². The molecule has 0 atom stereocenters. The first-order chi connectivity index (χ1) is 13.0. The first kappa shape index (κ1) is 19.0. The molecular weight excluding hydrogens is 366 g/mol. The molecule has 1 amide bonds. The van der Waals surface area contributed by atoms with Crippen LogP contribution in [0.15, 0.2) is 30.5 Å². The zero-order valence-corrected chi connectivity index (χ0v) is 16.6. The Kier molecular flexibility index (Phi) is 5.56. The number of nitrogens with zero attached hydrogens (tertiary/aromatic N) is 2. The molecule has 0 unspecified atom stereocenters. The van der Waals surface area contributed by atoms with Crippen molar-refractivity contribution in [1.82, 2.24) is 9.38 Å². The van der Waals surface area contributed by atoms with E-state index in [1.807, 2.05) is 39.1 Å². The van der Waals surface area contributed by atoms with Crippen LogP contribution in [-0.2, 0) is 6.42 Å². The lowest BCUT2D eigenvalue weighted by atomic mass is 10.2. The molecular formula is C20H22ClN3O3. The van der Waals surface area contributed by atoms with Gasteiger partial charge in [0.25, 0.3) is 5.91 Å². The van der Waals surface area contributed by atoms with E-state index in [-0.39, 0.29) is 5.91 Å². The summed E-state index contributed by atoms with van der Waals surface area (Å²) in [6.45, 7) is 6.27. The Bertz CT molecular complexity index is 998. The number of benzene rings is 1. The molecule has 0 spiro atoms. The van der Waals surface area contributed by atoms with Crippen molar-refractivity contribution >= 4 is 28.8 Å². The molecule has 27 heavy (non-hydrogen) atoms. The Morgan fingerprint density at radius 1 is 1.30 bits per heavy atom. The summed E-state index contributed by atoms with van der Waals surface area (Å²) in [5.41, 5.74) is 3.20. The number of aryl methyl sites for hydroxylation is 2. The zero-order valence-electron chi connectivity index (χ0n) is 15.8. The summed E-state index contributed by atoms with van der Waals surface area (Å²) >= 11 is 6.15. The van der Waals surface area contributed by atoms with E-state index < -0.39 is 0 Å². The van der Waals surface area contributed by atoms with Gasteiger partial charge in [0.05, 0.1) is 25.1 Å². The maximum absolute atomic E-state index is 13.1. The number of nitrogens with one attached hydrogen (secondary N) is 1. The number of halogens is 1. The first-order valence-electron chi connectivity index (χ1n) is 8.78. The van der Waals surface area contributed by atoms with Crippen molar-refractivity contribution in [2.75, 3.05) is 19.0 Å². The second kappa shape index (κ2) is 7.88. The maximum atomic E-state index is 13.1. The third kappa shape index (κ3) is 3.57. The number of anilines is 1. The van der Waals surface area contributed by atoms with Crippen LogP contribution in [0.3, 0.4) is 0 Å². The molecule has 0 saturated heterocycles. The molecule has 142 valence electrons. The van der Waals surface area contributed by atoms with E-state index in [0.717, 1.165) is 5.56 Å². The smallest absolute Gasteiger partial charge is 0.274 e. The second-order valence-electron chi connectivity index (χ2n) is 6.02. The number of amides is 1. The van der Waals surface area contributed by atoms with Gasteiger partial charge in [0.2, 0.25) is 0 Å². The molecule has 0 saturated carbocycles. The molecule has 1 N–H and O–H groups in total. The number of rotatable bonds is 6. The molecule has 0 radical (unpaired) electrons. The number of hydrogen-bond donors (Lipinski definition) is 1. The van der Waals surface area contributed by atoms with Crippen LogP contribution in [-0.4, -0.2) is 29.0 Å². The summed E-state index contributed by atoms with van der Waals surface area (Å²) in [6, 6.07) is 7.16. The number of carbonyl (C=O) groups excluding carboxylic acids is 1. The van der Waals surface area contributed by atoms with Gasteiger partial charge in [-0.2, -0.15) is 0 Å². The Labute approximate surface area is 163 Å². The van der Waals surface area contributed by atoms with Gasteiger partial charge in [0.15, 0.2) is 11.4 Å². The third-order valence-electron chi connectivity index (χ3n) is 4.27. The first-order valence-corrected chi connectivity index (χ1v) is 9.16. The highest BCUT2D eigenvalue weighted by Crippen LogP contribution is 2.32. The van der Waals surface area contributed by atoms with Crippen molar-refractivity contribution in [2.24, 2.45) is 0 Å². The highest BCUT2D eigenvalue weighted by Gasteiger charge is 2.21. The van der Waals surface area contributed by atoms with E-state index in [0.29, 0.717) is 52.3 Å². The predicted octanol–water partition coefficient (Wildman–Crippen LogP) is 4.52. The van der Waals surface area contributed by atoms with Crippen LogP contribution in [0.5, 0.6) is 11.5 Å². The normalized spacial score (nSPS) is 10.9. The number of methoxy groups -OCH3 is 1. The minimum absolute atomic E-state index is 0.270. The standard InChI is InChI=1S/C20H22ClN3O3/c1-5-14-18(24-9-7-8-16(27-6-2)19(24)22-14)20(25)23-15-10-12(3)13(21)11-17(15)26-4/h7-11H,5-6H2,1-4H3,(H,23,25). The highest BCUT2D eigenvalue weighted by molar-refractivity contribution is 6.31. The van der Waals surface area contributed by atoms with Crippen LogP contribution in [0.1, 0.15) is 35.6 Å². The minimum Gasteiger partial charge on any atom is -0.495 e. The fourth-order valence-corrected chi connectivity index (χ4v) is 3.11. The summed E-state index contributed by atoms with van der Waals surface area (Å²) in [6.07, 6.45) is 2.43. The van der Waals surface area contributed by atoms with Gasteiger partial charge < -0.3 is 14.8 Å². The topological polar surface area (TPSA) is 64.9 Å². The Balaban J connectivity index is 2.06. The molecule has 0 aliphatic rings. The van der Waals surface area contributed by atoms with Crippen molar-refractivity contribution in [2.45, 2.75) is 27.2 Å². The monoisotopic (exact) mass is 387 g/mol. The molecule has 0 bridgehead atoms. The van der Waals surface area contributed by atoms with Crippen molar-refractivity contribution in [3.63, 3.8) is 0 Å². The van der Waals surface area contributed by atoms with Gasteiger partial charge in [0.1, 0.15) is 11.4 Å². The fraction of sp³-hybridized carbons (Fsp3) is 0.300. The zero-order chi connectivity index (χ0) is 19.6. The van der Waals surface area contributed by atoms with Crippen LogP contribution in [0.2, 0.25) is 5.02 Å². The Morgan fingerprint density at radius 3 is 2.74 bits per heavy atom. The molecule has 0 fully saturated rings. The molecule has 1 aromatic carbocycles. The Hall–Kier alpha value is -2.73. The Morgan fingerprint density at radius 2 is 2.07 bits per heavy atom. The van der Waals surface area contributed by atoms with E-state index in [9.17, 15) is 4.79 Å². The SMILES string of the molecule is CCOc1cccn2c(C(=O)Nc3cc(C)c(Cl)cc3OC)c(CC)nc12. The second-order valence-corrected chi connectivity index (χ2v) is 6.42. The lowest BCUT2D eigenvalue weighted by Gasteiger charge is -2.13. The van der Waals surface area contributed by atoms with E-state index >= 15 is 0 Å². The number of imidazole rings is 1. The molecule has 0 aliphatic carbocycles. The van der Waals surface area contributed by atoms with E-state index in [4.69, 9.17) is 21.1 Å². The van der Waals surface area contributed by atoms with E-state index in [1.54, 1.807) is 16.5 Å². The van der Waals surface area contributed by atoms with Crippen LogP contribution < -0.4 is 14.8 Å². The predicted molar refractivity (Wildman–Crippen MR) is 106 cm³/mol. The molecule has 7 heteroatoms. The fourth-order valence-electron chi connectivity index (χ4n) is 2.96. The molecule has 3 rings (SSSR count). The van der Waals surface area contributed by atoms with Gasteiger partial charge >= 0.3 is 0 Å². The minimum atomic E-state index is -0.270. The number of carbonyl (C=O) groups is 1. The number of hydrogen-bond acceptors (Lipinski definition) is 4. The largest absolute Gasteiger partial charge is 0.495 e. The summed E-state index contributed by atoms with van der Waals surface area (Å²) < 4.78 is 12.8. The molecule has 2 heterocycles. The van der Waals surface area contributed by atoms with Crippen molar-refractivity contribution < 1.29 is 14.3 Å². The van der Waals surface area contributed by atoms with Gasteiger partial charge in [-0.3, -0.25) is 9.20 Å². The summed E-state index contributed by atoms with van der Waals surface area (Å²) in [7, 11) is 1.54. The van der Waals surface area contributed by atoms with Crippen LogP contribution in [0.25, 0.3) is 5.65 Å².